The fourth-order valence-corrected chi connectivity index (χ4v) is 5.29. The van der Waals surface area contributed by atoms with Gasteiger partial charge in [0.15, 0.2) is 5.82 Å². The Bertz CT molecular complexity index is 1850. The molecule has 7 rings (SSSR count). The number of hydrogen-bond donors (Lipinski definition) is 0. The minimum atomic E-state index is 0.737. The topological polar surface area (TPSA) is 25.8 Å². The van der Waals surface area contributed by atoms with Gasteiger partial charge in [0.05, 0.1) is 5.52 Å². The van der Waals surface area contributed by atoms with Gasteiger partial charge in [-0.2, -0.15) is 0 Å². The summed E-state index contributed by atoms with van der Waals surface area (Å²) >= 11 is 0. The van der Waals surface area contributed by atoms with Crippen LogP contribution in [0, 0.1) is 0 Å². The average Bonchev–Trinajstić information content (AvgIpc) is 2.97. The summed E-state index contributed by atoms with van der Waals surface area (Å²) in [6, 6.07) is 44.6. The minimum absolute atomic E-state index is 0.737. The highest BCUT2D eigenvalue weighted by molar-refractivity contribution is 6.24. The molecule has 0 unspecified atom stereocenters. The third-order valence-corrected chi connectivity index (χ3v) is 6.95. The van der Waals surface area contributed by atoms with Crippen molar-refractivity contribution in [2.75, 3.05) is 0 Å². The molecule has 1 aromatic heterocycles. The molecule has 0 bridgehead atoms. The molecule has 0 aliphatic carbocycles. The van der Waals surface area contributed by atoms with E-state index in [0.29, 0.717) is 0 Å². The number of nitrogens with zero attached hydrogens (tertiary/aromatic N) is 2. The number of rotatable bonds is 3. The highest BCUT2D eigenvalue weighted by Crippen LogP contribution is 2.39. The first kappa shape index (κ1) is 20.5. The predicted molar refractivity (Wildman–Crippen MR) is 151 cm³/mol. The summed E-state index contributed by atoms with van der Waals surface area (Å²) in [4.78, 5) is 10.1. The Kier molecular flexibility index (Phi) is 4.82. The summed E-state index contributed by atoms with van der Waals surface area (Å²) in [6.07, 6.45) is 1.99. The Morgan fingerprint density at radius 3 is 1.53 bits per heavy atom. The number of hydrogen-bond acceptors (Lipinski definition) is 2. The molecule has 0 saturated heterocycles. The van der Waals surface area contributed by atoms with Crippen LogP contribution in [0.5, 0.6) is 0 Å². The molecule has 1 heterocycles. The van der Waals surface area contributed by atoms with Crippen LogP contribution in [-0.4, -0.2) is 9.97 Å². The fraction of sp³-hybridized carbons (Fsp3) is 0. The van der Waals surface area contributed by atoms with Crippen LogP contribution < -0.4 is 0 Å². The first-order valence-electron chi connectivity index (χ1n) is 12.2. The first-order chi connectivity index (χ1) is 17.9. The van der Waals surface area contributed by atoms with Crippen molar-refractivity contribution >= 4 is 32.4 Å². The molecule has 2 heteroatoms. The summed E-state index contributed by atoms with van der Waals surface area (Å²) in [6.45, 7) is 0. The second-order valence-electron chi connectivity index (χ2n) is 9.00. The van der Waals surface area contributed by atoms with Crippen LogP contribution in [0.1, 0.15) is 0 Å². The normalized spacial score (nSPS) is 11.3. The molecular weight excluding hydrogens is 436 g/mol. The second-order valence-corrected chi connectivity index (χ2v) is 9.00. The lowest BCUT2D eigenvalue weighted by Gasteiger charge is -2.15. The number of benzene rings is 6. The van der Waals surface area contributed by atoms with Crippen molar-refractivity contribution in [3.8, 4) is 33.6 Å². The fourth-order valence-electron chi connectivity index (χ4n) is 5.29. The lowest BCUT2D eigenvalue weighted by Crippen LogP contribution is -1.95. The molecule has 0 amide bonds. The molecule has 0 fully saturated rings. The van der Waals surface area contributed by atoms with Crippen molar-refractivity contribution in [1.29, 1.82) is 0 Å². The van der Waals surface area contributed by atoms with E-state index in [4.69, 9.17) is 9.97 Å². The van der Waals surface area contributed by atoms with Gasteiger partial charge in [0, 0.05) is 22.5 Å². The van der Waals surface area contributed by atoms with Crippen LogP contribution >= 0.6 is 0 Å². The van der Waals surface area contributed by atoms with E-state index in [2.05, 4.69) is 127 Å². The Labute approximate surface area is 209 Å². The van der Waals surface area contributed by atoms with Crippen molar-refractivity contribution in [2.24, 2.45) is 0 Å². The van der Waals surface area contributed by atoms with Crippen LogP contribution in [0.15, 0.2) is 134 Å². The average molecular weight is 459 g/mol. The number of aromatic nitrogens is 2. The van der Waals surface area contributed by atoms with Gasteiger partial charge in [0.2, 0.25) is 0 Å². The van der Waals surface area contributed by atoms with Crippen molar-refractivity contribution < 1.29 is 0 Å². The summed E-state index contributed by atoms with van der Waals surface area (Å²) in [7, 11) is 0. The smallest absolute Gasteiger partial charge is 0.160 e. The van der Waals surface area contributed by atoms with Crippen LogP contribution in [0.4, 0.5) is 0 Å². The van der Waals surface area contributed by atoms with E-state index >= 15 is 0 Å². The monoisotopic (exact) mass is 458 g/mol. The standard InChI is InChI=1S/C34H22N2/c1-2-12-23(13-3-1)24-14-4-5-15-25(24)28-18-9-11-21-31(28)34-35-22-32-29-19-7-6-16-26(29)27-17-8-10-20-30(27)33(32)36-34/h1-22H. The van der Waals surface area contributed by atoms with Crippen LogP contribution in [0.2, 0.25) is 0 Å². The molecule has 36 heavy (non-hydrogen) atoms. The van der Waals surface area contributed by atoms with Gasteiger partial charge in [0.1, 0.15) is 0 Å². The molecular formula is C34H22N2. The van der Waals surface area contributed by atoms with Crippen LogP contribution in [0.25, 0.3) is 66.1 Å². The van der Waals surface area contributed by atoms with Crippen LogP contribution in [0.3, 0.4) is 0 Å². The maximum absolute atomic E-state index is 5.20. The zero-order valence-corrected chi connectivity index (χ0v) is 19.6. The van der Waals surface area contributed by atoms with Gasteiger partial charge >= 0.3 is 0 Å². The zero-order chi connectivity index (χ0) is 23.9. The largest absolute Gasteiger partial charge is 0.236 e. The van der Waals surface area contributed by atoms with Gasteiger partial charge in [-0.15, -0.1) is 0 Å². The van der Waals surface area contributed by atoms with E-state index in [-0.39, 0.29) is 0 Å². The first-order valence-corrected chi connectivity index (χ1v) is 12.2. The molecule has 6 aromatic carbocycles. The number of fused-ring (bicyclic) bond motifs is 6. The summed E-state index contributed by atoms with van der Waals surface area (Å²) in [5.41, 5.74) is 6.70. The summed E-state index contributed by atoms with van der Waals surface area (Å²) < 4.78 is 0. The van der Waals surface area contributed by atoms with E-state index in [1.807, 2.05) is 6.20 Å². The molecule has 2 nitrogen and oxygen atoms in total. The van der Waals surface area contributed by atoms with Crippen molar-refractivity contribution in [1.82, 2.24) is 9.97 Å². The molecule has 168 valence electrons. The minimum Gasteiger partial charge on any atom is -0.236 e. The van der Waals surface area contributed by atoms with Gasteiger partial charge in [0.25, 0.3) is 0 Å². The third-order valence-electron chi connectivity index (χ3n) is 6.95. The lowest BCUT2D eigenvalue weighted by atomic mass is 9.91. The molecule has 7 aromatic rings. The Hall–Kier alpha value is -4.82. The van der Waals surface area contributed by atoms with Gasteiger partial charge in [-0.1, -0.05) is 127 Å². The summed E-state index contributed by atoms with van der Waals surface area (Å²) in [5, 5.41) is 5.86. The van der Waals surface area contributed by atoms with E-state index in [1.54, 1.807) is 0 Å². The van der Waals surface area contributed by atoms with E-state index in [1.165, 1.54) is 32.8 Å². The molecule has 0 atom stereocenters. The molecule has 0 spiro atoms. The third kappa shape index (κ3) is 3.27. The summed E-state index contributed by atoms with van der Waals surface area (Å²) in [5.74, 6) is 0.737. The molecule has 0 saturated carbocycles. The van der Waals surface area contributed by atoms with Crippen molar-refractivity contribution in [3.63, 3.8) is 0 Å². The SMILES string of the molecule is c1ccc(-c2ccccc2-c2ccccc2-c2ncc3c4ccccc4c4ccccc4c3n2)cc1. The maximum atomic E-state index is 5.20. The Morgan fingerprint density at radius 2 is 0.833 bits per heavy atom. The van der Waals surface area contributed by atoms with E-state index in [0.717, 1.165) is 33.2 Å². The van der Waals surface area contributed by atoms with Gasteiger partial charge in [-0.25, -0.2) is 9.97 Å². The Balaban J connectivity index is 1.50. The lowest BCUT2D eigenvalue weighted by molar-refractivity contribution is 1.23. The van der Waals surface area contributed by atoms with Gasteiger partial charge in [-0.05, 0) is 38.4 Å². The van der Waals surface area contributed by atoms with E-state index in [9.17, 15) is 0 Å². The molecule has 0 aliphatic rings. The Morgan fingerprint density at radius 1 is 0.361 bits per heavy atom. The van der Waals surface area contributed by atoms with Crippen LogP contribution in [-0.2, 0) is 0 Å². The second kappa shape index (κ2) is 8.44. The quantitative estimate of drug-likeness (QED) is 0.247. The predicted octanol–water partition coefficient (Wildman–Crippen LogP) is 8.94. The molecule has 0 radical (unpaired) electrons. The highest BCUT2D eigenvalue weighted by Gasteiger charge is 2.16. The van der Waals surface area contributed by atoms with Gasteiger partial charge < -0.3 is 0 Å². The van der Waals surface area contributed by atoms with E-state index < -0.39 is 0 Å². The zero-order valence-electron chi connectivity index (χ0n) is 19.6. The highest BCUT2D eigenvalue weighted by atomic mass is 14.9. The van der Waals surface area contributed by atoms with Crippen molar-refractivity contribution in [3.05, 3.63) is 134 Å². The molecule has 0 aliphatic heterocycles. The molecule has 0 N–H and O–H groups in total. The maximum Gasteiger partial charge on any atom is 0.160 e. The van der Waals surface area contributed by atoms with Crippen molar-refractivity contribution in [2.45, 2.75) is 0 Å². The van der Waals surface area contributed by atoms with Gasteiger partial charge in [-0.3, -0.25) is 0 Å².